The van der Waals surface area contributed by atoms with Crippen molar-refractivity contribution in [3.8, 4) is 0 Å². The van der Waals surface area contributed by atoms with Crippen molar-refractivity contribution in [3.05, 3.63) is 58.7 Å². The molecule has 28 heavy (non-hydrogen) atoms. The quantitative estimate of drug-likeness (QED) is 0.724. The second-order valence-corrected chi connectivity index (χ2v) is 7.48. The minimum Gasteiger partial charge on any atom is -0.370 e. The molecule has 2 N–H and O–H groups in total. The third-order valence-corrected chi connectivity index (χ3v) is 5.57. The average Bonchev–Trinajstić information content (AvgIpc) is 3.26. The van der Waals surface area contributed by atoms with Gasteiger partial charge < -0.3 is 10.5 Å². The molecule has 1 aromatic carbocycles. The Morgan fingerprint density at radius 1 is 1.25 bits per heavy atom. The van der Waals surface area contributed by atoms with E-state index in [-0.39, 0.29) is 11.6 Å². The topological polar surface area (TPSA) is 81.6 Å². The van der Waals surface area contributed by atoms with E-state index in [2.05, 4.69) is 20.0 Å². The lowest BCUT2D eigenvalue weighted by Crippen LogP contribution is -2.47. The van der Waals surface area contributed by atoms with Crippen LogP contribution in [0.25, 0.3) is 5.78 Å². The highest BCUT2D eigenvalue weighted by atomic mass is 19.1. The molecule has 4 heterocycles. The smallest absolute Gasteiger partial charge is 0.252 e. The molecule has 1 fully saturated rings. The van der Waals surface area contributed by atoms with Crippen molar-refractivity contribution in [2.45, 2.75) is 44.6 Å². The fraction of sp³-hybridized carbons (Fsp3) is 0.421. The minimum atomic E-state index is -0.650. The summed E-state index contributed by atoms with van der Waals surface area (Å²) in [4.78, 5) is 10.9. The number of aryl methyl sites for hydroxylation is 1. The van der Waals surface area contributed by atoms with Crippen LogP contribution in [0.4, 0.5) is 8.78 Å². The van der Waals surface area contributed by atoms with Gasteiger partial charge in [-0.05, 0) is 31.5 Å². The second kappa shape index (κ2) is 6.54. The maximum atomic E-state index is 14.1. The Labute approximate surface area is 160 Å². The number of rotatable bonds is 2. The first-order valence-corrected chi connectivity index (χ1v) is 9.26. The molecule has 0 saturated carbocycles. The van der Waals surface area contributed by atoms with Gasteiger partial charge in [-0.15, -0.1) is 5.10 Å². The summed E-state index contributed by atoms with van der Waals surface area (Å²) in [6, 6.07) is 3.03. The highest BCUT2D eigenvalue weighted by Gasteiger charge is 2.37. The van der Waals surface area contributed by atoms with Crippen molar-refractivity contribution < 1.29 is 13.5 Å². The van der Waals surface area contributed by atoms with Crippen molar-refractivity contribution in [2.24, 2.45) is 5.73 Å². The molecule has 7 nitrogen and oxygen atoms in total. The number of ether oxygens (including phenoxy) is 1. The van der Waals surface area contributed by atoms with Crippen LogP contribution < -0.4 is 5.73 Å². The van der Waals surface area contributed by atoms with E-state index in [1.54, 1.807) is 4.52 Å². The highest BCUT2D eigenvalue weighted by molar-refractivity contribution is 5.35. The molecule has 3 unspecified atom stereocenters. The van der Waals surface area contributed by atoms with Crippen molar-refractivity contribution in [1.82, 2.24) is 24.5 Å². The van der Waals surface area contributed by atoms with Crippen LogP contribution >= 0.6 is 0 Å². The predicted octanol–water partition coefficient (Wildman–Crippen LogP) is 1.88. The Bertz CT molecular complexity index is 1050. The molecular formula is C19H20F2N6O. The lowest BCUT2D eigenvalue weighted by atomic mass is 9.93. The lowest BCUT2D eigenvalue weighted by Gasteiger charge is -2.38. The maximum absolute atomic E-state index is 14.1. The fourth-order valence-corrected chi connectivity index (χ4v) is 4.19. The number of hydrogen-bond acceptors (Lipinski definition) is 6. The highest BCUT2D eigenvalue weighted by Crippen LogP contribution is 2.34. The third-order valence-electron chi connectivity index (χ3n) is 5.57. The predicted molar refractivity (Wildman–Crippen MR) is 96.2 cm³/mol. The molecule has 9 heteroatoms. The second-order valence-electron chi connectivity index (χ2n) is 7.48. The summed E-state index contributed by atoms with van der Waals surface area (Å²) < 4.78 is 35.4. The van der Waals surface area contributed by atoms with Crippen LogP contribution in [0.5, 0.6) is 0 Å². The molecule has 5 rings (SSSR count). The number of nitrogens with zero attached hydrogens (tertiary/aromatic N) is 5. The first-order chi connectivity index (χ1) is 13.5. The van der Waals surface area contributed by atoms with Gasteiger partial charge in [0, 0.05) is 42.5 Å². The molecule has 146 valence electrons. The summed E-state index contributed by atoms with van der Waals surface area (Å²) >= 11 is 0. The maximum Gasteiger partial charge on any atom is 0.252 e. The fourth-order valence-electron chi connectivity index (χ4n) is 4.19. The molecule has 3 atom stereocenters. The number of benzene rings is 1. The molecule has 2 aliphatic rings. The van der Waals surface area contributed by atoms with Crippen LogP contribution in [0.1, 0.15) is 35.2 Å². The molecular weight excluding hydrogens is 366 g/mol. The van der Waals surface area contributed by atoms with Crippen molar-refractivity contribution in [2.75, 3.05) is 6.61 Å². The largest absolute Gasteiger partial charge is 0.370 e. The van der Waals surface area contributed by atoms with Crippen LogP contribution in [0.15, 0.2) is 24.4 Å². The van der Waals surface area contributed by atoms with Gasteiger partial charge in [0.1, 0.15) is 23.6 Å². The summed E-state index contributed by atoms with van der Waals surface area (Å²) in [5.41, 5.74) is 8.65. The first kappa shape index (κ1) is 17.6. The Morgan fingerprint density at radius 2 is 2.11 bits per heavy atom. The monoisotopic (exact) mass is 386 g/mol. The zero-order valence-electron chi connectivity index (χ0n) is 15.3. The molecule has 2 aliphatic heterocycles. The number of nitrogens with two attached hydrogens (primary N) is 1. The standard InChI is InChI=1S/C19H20F2N6O/c1-10-24-19-23-6-11-7-26(8-17(11)27(19)25-10)13-5-16(22)18(28-9-13)14-4-12(20)2-3-15(14)21/h2-4,6,13,16,18H,5,7-9,22H2,1H3. The van der Waals surface area contributed by atoms with Gasteiger partial charge in [-0.3, -0.25) is 4.90 Å². The van der Waals surface area contributed by atoms with Gasteiger partial charge in [0.15, 0.2) is 0 Å². The van der Waals surface area contributed by atoms with E-state index in [0.717, 1.165) is 29.9 Å². The lowest BCUT2D eigenvalue weighted by molar-refractivity contribution is -0.0532. The van der Waals surface area contributed by atoms with Crippen LogP contribution in [0.3, 0.4) is 0 Å². The number of fused-ring (bicyclic) bond motifs is 3. The van der Waals surface area contributed by atoms with Gasteiger partial charge in [-0.1, -0.05) is 0 Å². The van der Waals surface area contributed by atoms with Gasteiger partial charge in [0.2, 0.25) is 0 Å². The van der Waals surface area contributed by atoms with E-state index < -0.39 is 23.8 Å². The van der Waals surface area contributed by atoms with Gasteiger partial charge >= 0.3 is 0 Å². The zero-order valence-corrected chi connectivity index (χ0v) is 15.3. The molecule has 2 aromatic heterocycles. The van der Waals surface area contributed by atoms with Crippen LogP contribution in [0.2, 0.25) is 0 Å². The van der Waals surface area contributed by atoms with Gasteiger partial charge in [0.25, 0.3) is 5.78 Å². The Morgan fingerprint density at radius 3 is 2.93 bits per heavy atom. The van der Waals surface area contributed by atoms with E-state index in [9.17, 15) is 8.78 Å². The van der Waals surface area contributed by atoms with E-state index in [1.807, 2.05) is 13.1 Å². The summed E-state index contributed by atoms with van der Waals surface area (Å²) in [6.07, 6.45) is 1.82. The van der Waals surface area contributed by atoms with Crippen molar-refractivity contribution >= 4 is 5.78 Å². The van der Waals surface area contributed by atoms with Gasteiger partial charge in [-0.2, -0.15) is 9.50 Å². The molecule has 0 radical (unpaired) electrons. The molecule has 1 saturated heterocycles. The number of halogens is 2. The Hall–Kier alpha value is -2.49. The van der Waals surface area contributed by atoms with Crippen LogP contribution in [-0.4, -0.2) is 43.2 Å². The molecule has 0 aliphatic carbocycles. The van der Waals surface area contributed by atoms with Crippen molar-refractivity contribution in [3.63, 3.8) is 0 Å². The normalized spacial score (nSPS) is 25.4. The average molecular weight is 386 g/mol. The van der Waals surface area contributed by atoms with E-state index in [1.165, 1.54) is 6.07 Å². The molecule has 0 amide bonds. The Balaban J connectivity index is 1.34. The van der Waals surface area contributed by atoms with Crippen molar-refractivity contribution in [1.29, 1.82) is 0 Å². The Kier molecular flexibility index (Phi) is 4.11. The summed E-state index contributed by atoms with van der Waals surface area (Å²) in [7, 11) is 0. The SMILES string of the molecule is Cc1nc2ncc3c(n2n1)CN(C1COC(c2cc(F)ccc2F)C(N)C1)C3. The van der Waals surface area contributed by atoms with E-state index in [4.69, 9.17) is 10.5 Å². The summed E-state index contributed by atoms with van der Waals surface area (Å²) in [5.74, 6) is 0.284. The summed E-state index contributed by atoms with van der Waals surface area (Å²) in [6.45, 7) is 3.65. The number of aromatic nitrogens is 4. The van der Waals surface area contributed by atoms with Gasteiger partial charge in [0.05, 0.1) is 12.3 Å². The zero-order chi connectivity index (χ0) is 19.4. The van der Waals surface area contributed by atoms with Crippen LogP contribution in [-0.2, 0) is 17.8 Å². The molecule has 0 spiro atoms. The van der Waals surface area contributed by atoms with E-state index >= 15 is 0 Å². The summed E-state index contributed by atoms with van der Waals surface area (Å²) in [5, 5.41) is 4.43. The first-order valence-electron chi connectivity index (χ1n) is 9.26. The minimum absolute atomic E-state index is 0.0786. The molecule has 3 aromatic rings. The molecule has 0 bridgehead atoms. The van der Waals surface area contributed by atoms with E-state index in [0.29, 0.717) is 31.2 Å². The van der Waals surface area contributed by atoms with Gasteiger partial charge in [-0.25, -0.2) is 13.8 Å². The third kappa shape index (κ3) is 2.86. The van der Waals surface area contributed by atoms with Crippen LogP contribution in [0, 0.1) is 18.6 Å². The number of hydrogen-bond donors (Lipinski definition) is 1.